The van der Waals surface area contributed by atoms with Gasteiger partial charge < -0.3 is 16.9 Å². The maximum atomic E-state index is 7.64. The number of allylic oxidation sites excluding steroid dienone is 2. The molecule has 68 valence electrons. The molecular formula is C10H13N3. The van der Waals surface area contributed by atoms with Crippen molar-refractivity contribution in [2.45, 2.75) is 6.92 Å². The fraction of sp³-hybridized carbons (Fsp3) is 0.100. The minimum absolute atomic E-state index is 0.382. The Labute approximate surface area is 77.6 Å². The van der Waals surface area contributed by atoms with Crippen molar-refractivity contribution < 1.29 is 0 Å². The molecule has 3 nitrogen and oxygen atoms in total. The Balaban J connectivity index is 3.13. The van der Waals surface area contributed by atoms with Crippen LogP contribution in [-0.2, 0) is 0 Å². The van der Waals surface area contributed by atoms with Crippen molar-refractivity contribution in [2.75, 3.05) is 11.5 Å². The topological polar surface area (TPSA) is 75.9 Å². The quantitative estimate of drug-likeness (QED) is 0.473. The van der Waals surface area contributed by atoms with Gasteiger partial charge >= 0.3 is 0 Å². The molecule has 0 unspecified atom stereocenters. The van der Waals surface area contributed by atoms with Crippen molar-refractivity contribution in [2.24, 2.45) is 0 Å². The molecule has 3 heteroatoms. The van der Waals surface area contributed by atoms with Crippen LogP contribution in [0.3, 0.4) is 0 Å². The summed E-state index contributed by atoms with van der Waals surface area (Å²) in [5.41, 5.74) is 13.5. The van der Waals surface area contributed by atoms with Crippen LogP contribution in [0.4, 0.5) is 11.4 Å². The van der Waals surface area contributed by atoms with Crippen LogP contribution in [0.25, 0.3) is 0 Å². The van der Waals surface area contributed by atoms with Crippen LogP contribution >= 0.6 is 0 Å². The lowest BCUT2D eigenvalue weighted by atomic mass is 10.1. The van der Waals surface area contributed by atoms with Crippen LogP contribution in [0.15, 0.2) is 30.4 Å². The zero-order chi connectivity index (χ0) is 9.84. The highest BCUT2D eigenvalue weighted by Gasteiger charge is 2.02. The molecule has 0 atom stereocenters. The molecule has 0 saturated heterocycles. The van der Waals surface area contributed by atoms with Gasteiger partial charge in [0.25, 0.3) is 0 Å². The maximum Gasteiger partial charge on any atom is 0.0630 e. The molecule has 0 bridgehead atoms. The number of nitrogens with two attached hydrogens (primary N) is 2. The lowest BCUT2D eigenvalue weighted by Gasteiger charge is -2.04. The molecule has 1 rings (SSSR count). The Morgan fingerprint density at radius 1 is 1.38 bits per heavy atom. The van der Waals surface area contributed by atoms with E-state index in [4.69, 9.17) is 16.9 Å². The average molecular weight is 175 g/mol. The third-order valence-electron chi connectivity index (χ3n) is 1.70. The summed E-state index contributed by atoms with van der Waals surface area (Å²) in [7, 11) is 0. The van der Waals surface area contributed by atoms with E-state index in [0.29, 0.717) is 22.6 Å². The minimum Gasteiger partial charge on any atom is -0.399 e. The van der Waals surface area contributed by atoms with Gasteiger partial charge in [-0.1, -0.05) is 6.08 Å². The van der Waals surface area contributed by atoms with Gasteiger partial charge in [-0.2, -0.15) is 0 Å². The molecule has 0 amide bonds. The SMILES string of the molecule is C/C=C/C(=N)c1cc(N)ccc1N. The maximum absolute atomic E-state index is 7.64. The highest BCUT2D eigenvalue weighted by molar-refractivity contribution is 6.10. The van der Waals surface area contributed by atoms with Gasteiger partial charge in [0.15, 0.2) is 0 Å². The summed E-state index contributed by atoms with van der Waals surface area (Å²) >= 11 is 0. The molecule has 13 heavy (non-hydrogen) atoms. The minimum atomic E-state index is 0.382. The molecule has 0 radical (unpaired) electrons. The third kappa shape index (κ3) is 2.08. The molecule has 0 aliphatic rings. The predicted octanol–water partition coefficient (Wildman–Crippen LogP) is 1.79. The van der Waals surface area contributed by atoms with Crippen molar-refractivity contribution in [1.29, 1.82) is 5.41 Å². The summed E-state index contributed by atoms with van der Waals surface area (Å²) in [5, 5.41) is 7.64. The summed E-state index contributed by atoms with van der Waals surface area (Å²) in [6.07, 6.45) is 3.48. The molecule has 5 N–H and O–H groups in total. The normalized spacial score (nSPS) is 10.5. The first-order chi connectivity index (χ1) is 6.15. The number of hydrogen-bond donors (Lipinski definition) is 3. The largest absolute Gasteiger partial charge is 0.399 e. The van der Waals surface area contributed by atoms with Gasteiger partial charge in [0.05, 0.1) is 5.71 Å². The standard InChI is InChI=1S/C10H13N3/c1-2-3-9(12)8-6-7(11)4-5-10(8)13/h2-6,12H,11,13H2,1H3/b3-2+,12-9?. The van der Waals surface area contributed by atoms with Gasteiger partial charge in [-0.05, 0) is 31.2 Å². The van der Waals surface area contributed by atoms with E-state index in [-0.39, 0.29) is 0 Å². The summed E-state index contributed by atoms with van der Waals surface area (Å²) in [6.45, 7) is 1.86. The number of anilines is 2. The Hall–Kier alpha value is -1.77. The Morgan fingerprint density at radius 2 is 2.08 bits per heavy atom. The summed E-state index contributed by atoms with van der Waals surface area (Å²) < 4.78 is 0. The van der Waals surface area contributed by atoms with Crippen LogP contribution in [0.5, 0.6) is 0 Å². The first-order valence-electron chi connectivity index (χ1n) is 4.01. The zero-order valence-electron chi connectivity index (χ0n) is 7.54. The third-order valence-corrected chi connectivity index (χ3v) is 1.70. The first kappa shape index (κ1) is 9.32. The smallest absolute Gasteiger partial charge is 0.0630 e. The molecule has 0 saturated carbocycles. The fourth-order valence-electron chi connectivity index (χ4n) is 1.06. The van der Waals surface area contributed by atoms with E-state index < -0.39 is 0 Å². The van der Waals surface area contributed by atoms with Crippen LogP contribution in [0.2, 0.25) is 0 Å². The Bertz CT molecular complexity index is 353. The fourth-order valence-corrected chi connectivity index (χ4v) is 1.06. The number of nitrogens with one attached hydrogen (secondary N) is 1. The number of benzene rings is 1. The van der Waals surface area contributed by atoms with Crippen molar-refractivity contribution >= 4 is 17.1 Å². The van der Waals surface area contributed by atoms with Gasteiger partial charge in [0.2, 0.25) is 0 Å². The highest BCUT2D eigenvalue weighted by Crippen LogP contribution is 2.16. The van der Waals surface area contributed by atoms with E-state index in [9.17, 15) is 0 Å². The van der Waals surface area contributed by atoms with Crippen LogP contribution in [0.1, 0.15) is 12.5 Å². The van der Waals surface area contributed by atoms with Crippen LogP contribution in [0, 0.1) is 5.41 Å². The van der Waals surface area contributed by atoms with Crippen molar-refractivity contribution in [3.8, 4) is 0 Å². The van der Waals surface area contributed by atoms with Crippen LogP contribution in [-0.4, -0.2) is 5.71 Å². The molecule has 0 aromatic heterocycles. The summed E-state index contributed by atoms with van der Waals surface area (Å²) in [6, 6.07) is 5.14. The molecule has 0 fully saturated rings. The second kappa shape index (κ2) is 3.76. The van der Waals surface area contributed by atoms with Crippen molar-refractivity contribution in [3.05, 3.63) is 35.9 Å². The summed E-state index contributed by atoms with van der Waals surface area (Å²) in [4.78, 5) is 0. The Morgan fingerprint density at radius 3 is 2.69 bits per heavy atom. The number of rotatable bonds is 2. The van der Waals surface area contributed by atoms with Gasteiger partial charge in [0, 0.05) is 16.9 Å². The number of nitrogen functional groups attached to an aromatic ring is 2. The molecule has 0 aliphatic heterocycles. The monoisotopic (exact) mass is 175 g/mol. The number of hydrogen-bond acceptors (Lipinski definition) is 3. The first-order valence-corrected chi connectivity index (χ1v) is 4.01. The highest BCUT2D eigenvalue weighted by atomic mass is 14.6. The molecule has 0 spiro atoms. The second-order valence-corrected chi connectivity index (χ2v) is 2.76. The summed E-state index contributed by atoms with van der Waals surface area (Å²) in [5.74, 6) is 0. The van der Waals surface area contributed by atoms with E-state index in [1.54, 1.807) is 30.4 Å². The van der Waals surface area contributed by atoms with Crippen molar-refractivity contribution in [1.82, 2.24) is 0 Å². The lowest BCUT2D eigenvalue weighted by molar-refractivity contribution is 1.49. The average Bonchev–Trinajstić information content (AvgIpc) is 2.09. The lowest BCUT2D eigenvalue weighted by Crippen LogP contribution is -2.01. The van der Waals surface area contributed by atoms with E-state index in [1.807, 2.05) is 6.92 Å². The van der Waals surface area contributed by atoms with Crippen LogP contribution < -0.4 is 11.5 Å². The second-order valence-electron chi connectivity index (χ2n) is 2.76. The molecule has 0 heterocycles. The predicted molar refractivity (Wildman–Crippen MR) is 56.9 cm³/mol. The molecular weight excluding hydrogens is 162 g/mol. The molecule has 0 aliphatic carbocycles. The van der Waals surface area contributed by atoms with E-state index in [2.05, 4.69) is 0 Å². The van der Waals surface area contributed by atoms with E-state index in [1.165, 1.54) is 0 Å². The molecule has 1 aromatic rings. The van der Waals surface area contributed by atoms with Gasteiger partial charge in [-0.3, -0.25) is 0 Å². The van der Waals surface area contributed by atoms with Gasteiger partial charge in [-0.15, -0.1) is 0 Å². The van der Waals surface area contributed by atoms with Crippen molar-refractivity contribution in [3.63, 3.8) is 0 Å². The Kier molecular flexibility index (Phi) is 2.69. The van der Waals surface area contributed by atoms with Gasteiger partial charge in [0.1, 0.15) is 0 Å². The van der Waals surface area contributed by atoms with E-state index >= 15 is 0 Å². The molecule has 1 aromatic carbocycles. The van der Waals surface area contributed by atoms with Gasteiger partial charge in [-0.25, -0.2) is 0 Å². The van der Waals surface area contributed by atoms with E-state index in [0.717, 1.165) is 0 Å². The zero-order valence-corrected chi connectivity index (χ0v) is 7.54.